The number of nitrogens with one attached hydrogen (secondary N) is 1. The molecule has 0 aliphatic carbocycles. The van der Waals surface area contributed by atoms with Crippen LogP contribution in [0.25, 0.3) is 0 Å². The zero-order chi connectivity index (χ0) is 16.9. The topological polar surface area (TPSA) is 45.4 Å². The van der Waals surface area contributed by atoms with Crippen LogP contribution in [0.4, 0.5) is 13.2 Å². The largest absolute Gasteiger partial charge is 0.406 e. The van der Waals surface area contributed by atoms with E-state index in [1.54, 1.807) is 7.05 Å². The third-order valence-corrected chi connectivity index (χ3v) is 5.03. The monoisotopic (exact) mass is 349 g/mol. The Morgan fingerprint density at radius 2 is 2.30 bits per heavy atom. The van der Waals surface area contributed by atoms with Gasteiger partial charge in [-0.3, -0.25) is 4.99 Å². The Hall–Kier alpha value is -1.38. The second-order valence-electron chi connectivity index (χ2n) is 5.33. The molecule has 1 aromatic rings. The third-order valence-electron chi connectivity index (χ3n) is 3.66. The normalized spacial score (nSPS) is 20.0. The van der Waals surface area contributed by atoms with E-state index in [9.17, 15) is 13.2 Å². The molecule has 2 rings (SSSR count). The molecule has 0 bridgehead atoms. The molecule has 1 saturated heterocycles. The maximum atomic E-state index is 12.5. The summed E-state index contributed by atoms with van der Waals surface area (Å²) in [6, 6.07) is 0. The summed E-state index contributed by atoms with van der Waals surface area (Å²) >= 11 is 1.95. The molecule has 0 spiro atoms. The summed E-state index contributed by atoms with van der Waals surface area (Å²) in [6.45, 7) is 3.14. The van der Waals surface area contributed by atoms with Crippen LogP contribution < -0.4 is 5.32 Å². The van der Waals surface area contributed by atoms with Crippen LogP contribution in [-0.4, -0.2) is 57.7 Å². The molecule has 1 aliphatic rings. The molecule has 0 saturated carbocycles. The summed E-state index contributed by atoms with van der Waals surface area (Å²) in [7, 11) is 1.69. The van der Waals surface area contributed by atoms with Gasteiger partial charge in [-0.1, -0.05) is 6.92 Å². The standard InChI is InChI=1S/C14H22F3N5S/c1-3-11-9-21(6-7-23-11)13(18-2)20-8-12-19-4-5-22(12)10-14(15,16)17/h4-5,11H,3,6-10H2,1-2H3,(H,18,20). The van der Waals surface area contributed by atoms with Crippen molar-refractivity contribution in [2.24, 2.45) is 4.99 Å². The van der Waals surface area contributed by atoms with Crippen molar-refractivity contribution in [3.8, 4) is 0 Å². The highest BCUT2D eigenvalue weighted by Crippen LogP contribution is 2.21. The molecular formula is C14H22F3N5S. The van der Waals surface area contributed by atoms with Crippen molar-refractivity contribution in [1.82, 2.24) is 19.8 Å². The van der Waals surface area contributed by atoms with Crippen LogP contribution in [0, 0.1) is 0 Å². The average Bonchev–Trinajstić information content (AvgIpc) is 2.93. The average molecular weight is 349 g/mol. The number of aromatic nitrogens is 2. The molecule has 0 amide bonds. The van der Waals surface area contributed by atoms with E-state index in [2.05, 4.69) is 27.1 Å². The van der Waals surface area contributed by atoms with Crippen LogP contribution in [-0.2, 0) is 13.1 Å². The minimum absolute atomic E-state index is 0.218. The number of hydrogen-bond acceptors (Lipinski definition) is 3. The third kappa shape index (κ3) is 5.33. The first-order valence-corrected chi connectivity index (χ1v) is 8.61. The van der Waals surface area contributed by atoms with Crippen molar-refractivity contribution >= 4 is 17.7 Å². The van der Waals surface area contributed by atoms with Gasteiger partial charge in [0.05, 0.1) is 6.54 Å². The fourth-order valence-corrected chi connectivity index (χ4v) is 3.67. The van der Waals surface area contributed by atoms with Crippen molar-refractivity contribution in [3.63, 3.8) is 0 Å². The Labute approximate surface area is 138 Å². The lowest BCUT2D eigenvalue weighted by molar-refractivity contribution is -0.141. The van der Waals surface area contributed by atoms with Gasteiger partial charge in [-0.25, -0.2) is 4.98 Å². The highest BCUT2D eigenvalue weighted by atomic mass is 32.2. The van der Waals surface area contributed by atoms with Gasteiger partial charge in [0, 0.05) is 43.5 Å². The number of nitrogens with zero attached hydrogens (tertiary/aromatic N) is 4. The predicted octanol–water partition coefficient (Wildman–Crippen LogP) is 2.35. The molecule has 23 heavy (non-hydrogen) atoms. The van der Waals surface area contributed by atoms with Crippen LogP contribution in [0.5, 0.6) is 0 Å². The minimum Gasteiger partial charge on any atom is -0.349 e. The fourth-order valence-electron chi connectivity index (χ4n) is 2.49. The van der Waals surface area contributed by atoms with Crippen molar-refractivity contribution in [3.05, 3.63) is 18.2 Å². The first-order chi connectivity index (χ1) is 10.9. The summed E-state index contributed by atoms with van der Waals surface area (Å²) in [6.07, 6.45) is -0.433. The first-order valence-electron chi connectivity index (χ1n) is 7.57. The Morgan fingerprint density at radius 3 is 2.96 bits per heavy atom. The Morgan fingerprint density at radius 1 is 1.52 bits per heavy atom. The number of guanidine groups is 1. The summed E-state index contributed by atoms with van der Waals surface area (Å²) in [5.41, 5.74) is 0. The summed E-state index contributed by atoms with van der Waals surface area (Å²) in [5, 5.41) is 3.69. The highest BCUT2D eigenvalue weighted by Gasteiger charge is 2.29. The number of alkyl halides is 3. The molecule has 1 aromatic heterocycles. The van der Waals surface area contributed by atoms with E-state index in [1.165, 1.54) is 12.4 Å². The van der Waals surface area contributed by atoms with Crippen LogP contribution >= 0.6 is 11.8 Å². The quantitative estimate of drug-likeness (QED) is 0.670. The molecule has 1 fully saturated rings. The number of halogens is 3. The number of thioether (sulfide) groups is 1. The van der Waals surface area contributed by atoms with Gasteiger partial charge in [0.1, 0.15) is 12.4 Å². The molecule has 9 heteroatoms. The predicted molar refractivity (Wildman–Crippen MR) is 86.6 cm³/mol. The van der Waals surface area contributed by atoms with Crippen LogP contribution in [0.1, 0.15) is 19.2 Å². The van der Waals surface area contributed by atoms with Crippen molar-refractivity contribution < 1.29 is 13.2 Å². The molecule has 0 aromatic carbocycles. The van der Waals surface area contributed by atoms with Gasteiger partial charge in [-0.15, -0.1) is 0 Å². The molecule has 2 heterocycles. The Balaban J connectivity index is 1.95. The number of imidazole rings is 1. The van der Waals surface area contributed by atoms with Gasteiger partial charge < -0.3 is 14.8 Å². The fraction of sp³-hybridized carbons (Fsp3) is 0.714. The zero-order valence-electron chi connectivity index (χ0n) is 13.3. The van der Waals surface area contributed by atoms with Gasteiger partial charge in [0.2, 0.25) is 0 Å². The summed E-state index contributed by atoms with van der Waals surface area (Å²) < 4.78 is 38.7. The Kier molecular flexibility index (Phi) is 6.20. The lowest BCUT2D eigenvalue weighted by atomic mass is 10.3. The molecule has 1 unspecified atom stereocenters. The molecule has 1 atom stereocenters. The van der Waals surface area contributed by atoms with Gasteiger partial charge in [0.15, 0.2) is 5.96 Å². The van der Waals surface area contributed by atoms with Gasteiger partial charge in [-0.05, 0) is 6.42 Å². The molecule has 1 aliphatic heterocycles. The second kappa shape index (κ2) is 7.94. The number of hydrogen-bond donors (Lipinski definition) is 1. The van der Waals surface area contributed by atoms with Gasteiger partial charge in [-0.2, -0.15) is 24.9 Å². The van der Waals surface area contributed by atoms with E-state index in [0.717, 1.165) is 29.8 Å². The smallest absolute Gasteiger partial charge is 0.349 e. The lowest BCUT2D eigenvalue weighted by Gasteiger charge is -2.34. The van der Waals surface area contributed by atoms with E-state index in [0.29, 0.717) is 17.0 Å². The van der Waals surface area contributed by atoms with Crippen molar-refractivity contribution in [2.75, 3.05) is 25.9 Å². The Bertz CT molecular complexity index is 529. The summed E-state index contributed by atoms with van der Waals surface area (Å²) in [4.78, 5) is 10.4. The van der Waals surface area contributed by atoms with E-state index in [-0.39, 0.29) is 6.54 Å². The van der Waals surface area contributed by atoms with Crippen LogP contribution in [0.2, 0.25) is 0 Å². The molecule has 130 valence electrons. The SMILES string of the molecule is CCC1CN(C(=NC)NCc2nccn2CC(F)(F)F)CCS1. The van der Waals surface area contributed by atoms with Gasteiger partial charge >= 0.3 is 6.18 Å². The van der Waals surface area contributed by atoms with Gasteiger partial charge in [0.25, 0.3) is 0 Å². The van der Waals surface area contributed by atoms with E-state index in [1.807, 2.05) is 11.8 Å². The molecular weight excluding hydrogens is 327 g/mol. The zero-order valence-corrected chi connectivity index (χ0v) is 14.1. The molecule has 1 N–H and O–H groups in total. The highest BCUT2D eigenvalue weighted by molar-refractivity contribution is 8.00. The van der Waals surface area contributed by atoms with Crippen LogP contribution in [0.3, 0.4) is 0 Å². The number of aliphatic imine (C=N–C) groups is 1. The lowest BCUT2D eigenvalue weighted by Crippen LogP contribution is -2.47. The molecule has 5 nitrogen and oxygen atoms in total. The maximum Gasteiger partial charge on any atom is 0.406 e. The maximum absolute atomic E-state index is 12.5. The second-order valence-corrected chi connectivity index (χ2v) is 6.74. The van der Waals surface area contributed by atoms with Crippen LogP contribution in [0.15, 0.2) is 17.4 Å². The van der Waals surface area contributed by atoms with E-state index >= 15 is 0 Å². The van der Waals surface area contributed by atoms with Crippen molar-refractivity contribution in [2.45, 2.75) is 37.9 Å². The molecule has 0 radical (unpaired) electrons. The number of rotatable bonds is 4. The van der Waals surface area contributed by atoms with E-state index < -0.39 is 12.7 Å². The van der Waals surface area contributed by atoms with Crippen molar-refractivity contribution in [1.29, 1.82) is 0 Å². The minimum atomic E-state index is -4.25. The summed E-state index contributed by atoms with van der Waals surface area (Å²) in [5.74, 6) is 2.09. The first kappa shape index (κ1) is 18.0. The van der Waals surface area contributed by atoms with E-state index in [4.69, 9.17) is 0 Å².